The smallest absolute Gasteiger partial charge is 0.203 e. The third kappa shape index (κ3) is 4.50. The van der Waals surface area contributed by atoms with E-state index in [-0.39, 0.29) is 6.10 Å². The van der Waals surface area contributed by atoms with E-state index in [4.69, 9.17) is 17.3 Å². The van der Waals surface area contributed by atoms with E-state index in [0.717, 1.165) is 30.9 Å². The van der Waals surface area contributed by atoms with Gasteiger partial charge >= 0.3 is 0 Å². The maximum absolute atomic E-state index is 10.0. The molecule has 0 saturated carbocycles. The highest BCUT2D eigenvalue weighted by atomic mass is 32.1. The summed E-state index contributed by atoms with van der Waals surface area (Å²) in [5, 5.41) is 14.9. The van der Waals surface area contributed by atoms with E-state index >= 15 is 0 Å². The lowest BCUT2D eigenvalue weighted by molar-refractivity contribution is 0.0512. The first-order valence-corrected chi connectivity index (χ1v) is 10.6. The summed E-state index contributed by atoms with van der Waals surface area (Å²) >= 11 is 5.88. The molecule has 3 aromatic rings. The Bertz CT molecular complexity index is 1040. The molecule has 5 nitrogen and oxygen atoms in total. The van der Waals surface area contributed by atoms with Crippen molar-refractivity contribution in [2.45, 2.75) is 45.9 Å². The predicted molar refractivity (Wildman–Crippen MR) is 118 cm³/mol. The lowest BCUT2D eigenvalue weighted by atomic mass is 10.1. The highest BCUT2D eigenvalue weighted by Gasteiger charge is 2.20. The minimum Gasteiger partial charge on any atom is -0.392 e. The SMILES string of the molecule is Cc1ccc(-n2c(Cc3ccccc3)nn(CN3CCC[C@H](O)C3)c2=S)c(C)c1. The minimum absolute atomic E-state index is 0.261. The van der Waals surface area contributed by atoms with Crippen LogP contribution in [0.25, 0.3) is 5.69 Å². The van der Waals surface area contributed by atoms with Crippen molar-refractivity contribution in [3.05, 3.63) is 75.8 Å². The van der Waals surface area contributed by atoms with Gasteiger partial charge in [-0.05, 0) is 56.1 Å². The van der Waals surface area contributed by atoms with Gasteiger partial charge in [-0.2, -0.15) is 5.10 Å². The van der Waals surface area contributed by atoms with Crippen molar-refractivity contribution < 1.29 is 5.11 Å². The molecule has 1 aromatic heterocycles. The largest absolute Gasteiger partial charge is 0.392 e. The van der Waals surface area contributed by atoms with Crippen LogP contribution >= 0.6 is 12.2 Å². The topological polar surface area (TPSA) is 46.2 Å². The molecule has 6 heteroatoms. The summed E-state index contributed by atoms with van der Waals surface area (Å²) < 4.78 is 4.71. The molecule has 0 amide bonds. The number of aliphatic hydroxyl groups is 1. The zero-order valence-corrected chi connectivity index (χ0v) is 17.9. The number of aromatic nitrogens is 3. The monoisotopic (exact) mass is 408 g/mol. The molecule has 0 radical (unpaired) electrons. The van der Waals surface area contributed by atoms with Crippen LogP contribution in [0.1, 0.15) is 35.4 Å². The Morgan fingerprint density at radius 1 is 1.14 bits per heavy atom. The van der Waals surface area contributed by atoms with Gasteiger partial charge in [-0.25, -0.2) is 4.68 Å². The first kappa shape index (κ1) is 20.0. The van der Waals surface area contributed by atoms with Crippen molar-refractivity contribution in [3.8, 4) is 5.69 Å². The molecule has 0 aliphatic carbocycles. The van der Waals surface area contributed by atoms with Gasteiger partial charge < -0.3 is 5.11 Å². The molecule has 2 aromatic carbocycles. The van der Waals surface area contributed by atoms with E-state index in [9.17, 15) is 5.11 Å². The molecule has 152 valence electrons. The second kappa shape index (κ2) is 8.61. The van der Waals surface area contributed by atoms with Crippen LogP contribution in [0.2, 0.25) is 0 Å². The number of hydrogen-bond donors (Lipinski definition) is 1. The Balaban J connectivity index is 1.74. The van der Waals surface area contributed by atoms with Crippen molar-refractivity contribution >= 4 is 12.2 Å². The molecule has 2 heterocycles. The van der Waals surface area contributed by atoms with Crippen molar-refractivity contribution in [3.63, 3.8) is 0 Å². The van der Waals surface area contributed by atoms with Gasteiger partial charge in [0.05, 0.1) is 18.5 Å². The standard InChI is InChI=1S/C23H28N4OS/c1-17-10-11-21(18(2)13-17)27-22(14-19-7-4-3-5-8-19)24-26(23(27)29)16-25-12-6-9-20(28)15-25/h3-5,7-8,10-11,13,20,28H,6,9,12,14-16H2,1-2H3/t20-/m0/s1. The minimum atomic E-state index is -0.261. The van der Waals surface area contributed by atoms with Crippen LogP contribution in [-0.2, 0) is 13.1 Å². The van der Waals surface area contributed by atoms with Gasteiger partial charge in [0.15, 0.2) is 0 Å². The summed E-state index contributed by atoms with van der Waals surface area (Å²) in [6, 6.07) is 16.8. The molecular weight excluding hydrogens is 380 g/mol. The fourth-order valence-corrected chi connectivity index (χ4v) is 4.39. The zero-order chi connectivity index (χ0) is 20.4. The third-order valence-corrected chi connectivity index (χ3v) is 5.91. The lowest BCUT2D eigenvalue weighted by Gasteiger charge is -2.29. The number of nitrogens with zero attached hydrogens (tertiary/aromatic N) is 4. The Morgan fingerprint density at radius 3 is 2.66 bits per heavy atom. The molecule has 1 atom stereocenters. The van der Waals surface area contributed by atoms with E-state index in [1.807, 2.05) is 10.7 Å². The summed E-state index contributed by atoms with van der Waals surface area (Å²) in [4.78, 5) is 2.23. The summed E-state index contributed by atoms with van der Waals surface area (Å²) in [5.74, 6) is 0.936. The van der Waals surface area contributed by atoms with Gasteiger partial charge in [0.2, 0.25) is 4.77 Å². The Kier molecular flexibility index (Phi) is 5.94. The number of piperidine rings is 1. The van der Waals surface area contributed by atoms with Gasteiger partial charge in [-0.15, -0.1) is 0 Å². The number of β-amino-alcohol motifs (C(OH)–C–C–N with tert-alkyl or cyclic N) is 1. The van der Waals surface area contributed by atoms with E-state index in [2.05, 4.69) is 65.8 Å². The Hall–Kier alpha value is -2.28. The molecule has 0 spiro atoms. The Morgan fingerprint density at radius 2 is 1.93 bits per heavy atom. The number of rotatable bonds is 5. The number of aryl methyl sites for hydroxylation is 2. The van der Waals surface area contributed by atoms with Crippen LogP contribution in [0.5, 0.6) is 0 Å². The molecular formula is C23H28N4OS. The van der Waals surface area contributed by atoms with Gasteiger partial charge in [0, 0.05) is 19.5 Å². The number of aliphatic hydroxyl groups excluding tert-OH is 1. The van der Waals surface area contributed by atoms with Gasteiger partial charge in [0.1, 0.15) is 5.82 Å². The van der Waals surface area contributed by atoms with Crippen LogP contribution in [0, 0.1) is 18.6 Å². The van der Waals surface area contributed by atoms with Crippen LogP contribution in [0.4, 0.5) is 0 Å². The van der Waals surface area contributed by atoms with Crippen LogP contribution in [0.15, 0.2) is 48.5 Å². The molecule has 0 bridgehead atoms. The highest BCUT2D eigenvalue weighted by Crippen LogP contribution is 2.21. The first-order valence-electron chi connectivity index (χ1n) is 10.2. The fourth-order valence-electron chi connectivity index (χ4n) is 4.09. The van der Waals surface area contributed by atoms with Crippen molar-refractivity contribution in [1.29, 1.82) is 0 Å². The van der Waals surface area contributed by atoms with E-state index in [1.54, 1.807) is 0 Å². The summed E-state index contributed by atoms with van der Waals surface area (Å²) in [7, 11) is 0. The second-order valence-corrected chi connectivity index (χ2v) is 8.37. The average Bonchev–Trinajstić information content (AvgIpc) is 2.98. The summed E-state index contributed by atoms with van der Waals surface area (Å²) in [5.41, 5.74) is 4.70. The Labute approximate surface area is 177 Å². The zero-order valence-electron chi connectivity index (χ0n) is 17.1. The van der Waals surface area contributed by atoms with Crippen molar-refractivity contribution in [2.75, 3.05) is 13.1 Å². The van der Waals surface area contributed by atoms with E-state index in [1.165, 1.54) is 16.7 Å². The molecule has 1 aliphatic heterocycles. The van der Waals surface area contributed by atoms with Gasteiger partial charge in [-0.1, -0.05) is 48.0 Å². The fraction of sp³-hybridized carbons (Fsp3) is 0.391. The molecule has 1 fully saturated rings. The first-order chi connectivity index (χ1) is 14.0. The average molecular weight is 409 g/mol. The van der Waals surface area contributed by atoms with Crippen LogP contribution in [-0.4, -0.2) is 43.5 Å². The third-order valence-electron chi connectivity index (χ3n) is 5.52. The number of likely N-dealkylation sites (tertiary alicyclic amines) is 1. The van der Waals surface area contributed by atoms with Crippen LogP contribution < -0.4 is 0 Å². The quantitative estimate of drug-likeness (QED) is 0.648. The normalized spacial score (nSPS) is 17.6. The van der Waals surface area contributed by atoms with E-state index < -0.39 is 0 Å². The van der Waals surface area contributed by atoms with E-state index in [0.29, 0.717) is 24.4 Å². The number of hydrogen-bond acceptors (Lipinski definition) is 4. The molecule has 1 saturated heterocycles. The molecule has 0 unspecified atom stereocenters. The van der Waals surface area contributed by atoms with Crippen molar-refractivity contribution in [1.82, 2.24) is 19.2 Å². The second-order valence-electron chi connectivity index (χ2n) is 8.00. The molecule has 1 aliphatic rings. The predicted octanol–water partition coefficient (Wildman–Crippen LogP) is 4.03. The maximum Gasteiger partial charge on any atom is 0.203 e. The molecule has 4 rings (SSSR count). The van der Waals surface area contributed by atoms with Crippen molar-refractivity contribution in [2.24, 2.45) is 0 Å². The number of benzene rings is 2. The molecule has 1 N–H and O–H groups in total. The summed E-state index contributed by atoms with van der Waals surface area (Å²) in [6.45, 7) is 6.46. The van der Waals surface area contributed by atoms with Crippen LogP contribution in [0.3, 0.4) is 0 Å². The van der Waals surface area contributed by atoms with Gasteiger partial charge in [-0.3, -0.25) is 9.47 Å². The lowest BCUT2D eigenvalue weighted by Crippen LogP contribution is -2.39. The molecule has 29 heavy (non-hydrogen) atoms. The maximum atomic E-state index is 10.0. The summed E-state index contributed by atoms with van der Waals surface area (Å²) in [6.07, 6.45) is 2.33. The highest BCUT2D eigenvalue weighted by molar-refractivity contribution is 7.71. The van der Waals surface area contributed by atoms with Gasteiger partial charge in [0.25, 0.3) is 0 Å².